The lowest BCUT2D eigenvalue weighted by Crippen LogP contribution is -2.16. The van der Waals surface area contributed by atoms with Crippen molar-refractivity contribution in [1.29, 1.82) is 5.26 Å². The molecule has 0 unspecified atom stereocenters. The average molecular weight is 325 g/mol. The van der Waals surface area contributed by atoms with Crippen molar-refractivity contribution < 1.29 is 9.21 Å². The van der Waals surface area contributed by atoms with Crippen LogP contribution in [0.2, 0.25) is 5.02 Å². The van der Waals surface area contributed by atoms with Crippen LogP contribution in [0.5, 0.6) is 0 Å². The summed E-state index contributed by atoms with van der Waals surface area (Å²) in [6, 6.07) is 13.2. The zero-order chi connectivity index (χ0) is 16.4. The highest BCUT2D eigenvalue weighted by Crippen LogP contribution is 2.25. The monoisotopic (exact) mass is 324 g/mol. The van der Waals surface area contributed by atoms with Crippen molar-refractivity contribution in [2.75, 3.05) is 0 Å². The molecule has 5 nitrogen and oxygen atoms in total. The normalized spacial score (nSPS) is 11.8. The Morgan fingerprint density at radius 1 is 1.22 bits per heavy atom. The number of carbonyl (C=O) groups is 1. The molecule has 0 aliphatic carbocycles. The maximum absolute atomic E-state index is 12.6. The molecule has 3 rings (SSSR count). The van der Waals surface area contributed by atoms with E-state index in [9.17, 15) is 14.9 Å². The lowest BCUT2D eigenvalue weighted by molar-refractivity contribution is 0.0951. The van der Waals surface area contributed by atoms with E-state index in [1.165, 1.54) is 6.20 Å². The predicted molar refractivity (Wildman–Crippen MR) is 84.4 cm³/mol. The number of Topliss-reactive ketones (excluding diaryl/α,β-unsaturated/α-hetero) is 1. The zero-order valence-electron chi connectivity index (χ0n) is 11.7. The van der Waals surface area contributed by atoms with E-state index in [4.69, 9.17) is 16.0 Å². The molecule has 0 amide bonds. The van der Waals surface area contributed by atoms with Crippen molar-refractivity contribution in [3.63, 3.8) is 0 Å². The number of carbonyl (C=O) groups excluding carboxylic acids is 1. The molecule has 0 aliphatic rings. The number of nitriles is 1. The summed E-state index contributed by atoms with van der Waals surface area (Å²) in [6.07, 6.45) is 1.48. The van der Waals surface area contributed by atoms with Gasteiger partial charge in [-0.05, 0) is 24.3 Å². The van der Waals surface area contributed by atoms with Gasteiger partial charge >= 0.3 is 0 Å². The number of nitrogens with zero attached hydrogens (tertiary/aromatic N) is 2. The Hall–Kier alpha value is -2.97. The van der Waals surface area contributed by atoms with Crippen LogP contribution in [0.4, 0.5) is 0 Å². The standard InChI is InChI=1S/C17H9ClN2O3/c18-14-15(21)10-5-1-2-7-13(10)23-17(14)16(22)11(9-19)12-6-3-4-8-20-12/h1-8,11H/t11-/m1/s1. The quantitative estimate of drug-likeness (QED) is 0.690. The van der Waals surface area contributed by atoms with E-state index in [0.29, 0.717) is 0 Å². The lowest BCUT2D eigenvalue weighted by Gasteiger charge is -2.09. The zero-order valence-corrected chi connectivity index (χ0v) is 12.4. The topological polar surface area (TPSA) is 84.0 Å². The highest BCUT2D eigenvalue weighted by Gasteiger charge is 2.28. The number of benzene rings is 1. The molecule has 0 saturated carbocycles. The van der Waals surface area contributed by atoms with E-state index < -0.39 is 17.1 Å². The number of pyridine rings is 1. The van der Waals surface area contributed by atoms with Crippen molar-refractivity contribution in [3.8, 4) is 6.07 Å². The third kappa shape index (κ3) is 2.60. The summed E-state index contributed by atoms with van der Waals surface area (Å²) >= 11 is 6.00. The fraction of sp³-hybridized carbons (Fsp3) is 0.0588. The van der Waals surface area contributed by atoms with Gasteiger partial charge in [-0.1, -0.05) is 29.8 Å². The highest BCUT2D eigenvalue weighted by molar-refractivity contribution is 6.34. The van der Waals surface area contributed by atoms with E-state index in [2.05, 4.69) is 4.98 Å². The molecule has 1 atom stereocenters. The molecule has 1 aromatic carbocycles. The van der Waals surface area contributed by atoms with Crippen LogP contribution in [0, 0.1) is 11.3 Å². The molecule has 3 aromatic rings. The number of aromatic nitrogens is 1. The Labute approximate surface area is 135 Å². The van der Waals surface area contributed by atoms with Crippen LogP contribution < -0.4 is 5.43 Å². The molecular formula is C17H9ClN2O3. The van der Waals surface area contributed by atoms with Gasteiger partial charge in [0, 0.05) is 6.20 Å². The second-order valence-corrected chi connectivity index (χ2v) is 5.13. The Balaban J connectivity index is 2.16. The minimum Gasteiger partial charge on any atom is -0.451 e. The Morgan fingerprint density at radius 2 is 1.96 bits per heavy atom. The molecule has 0 aliphatic heterocycles. The van der Waals surface area contributed by atoms with Gasteiger partial charge < -0.3 is 4.42 Å². The van der Waals surface area contributed by atoms with E-state index in [-0.39, 0.29) is 27.4 Å². The van der Waals surface area contributed by atoms with Gasteiger partial charge in [0.05, 0.1) is 17.1 Å². The highest BCUT2D eigenvalue weighted by atomic mass is 35.5. The first-order valence-electron chi connectivity index (χ1n) is 6.69. The fourth-order valence-corrected chi connectivity index (χ4v) is 2.45. The van der Waals surface area contributed by atoms with Gasteiger partial charge in [-0.3, -0.25) is 14.6 Å². The second-order valence-electron chi connectivity index (χ2n) is 4.75. The molecule has 112 valence electrons. The Bertz CT molecular complexity index is 990. The van der Waals surface area contributed by atoms with E-state index in [1.807, 2.05) is 6.07 Å². The smallest absolute Gasteiger partial charge is 0.222 e. The van der Waals surface area contributed by atoms with Crippen molar-refractivity contribution >= 4 is 28.4 Å². The largest absolute Gasteiger partial charge is 0.451 e. The summed E-state index contributed by atoms with van der Waals surface area (Å²) in [7, 11) is 0. The van der Waals surface area contributed by atoms with Gasteiger partial charge in [0.15, 0.2) is 11.7 Å². The molecule has 0 saturated heterocycles. The molecule has 0 bridgehead atoms. The molecule has 6 heteroatoms. The van der Waals surface area contributed by atoms with Crippen molar-refractivity contribution in [2.24, 2.45) is 0 Å². The third-order valence-corrected chi connectivity index (χ3v) is 3.68. The van der Waals surface area contributed by atoms with Crippen molar-refractivity contribution in [2.45, 2.75) is 5.92 Å². The van der Waals surface area contributed by atoms with Crippen LogP contribution >= 0.6 is 11.6 Å². The first kappa shape index (κ1) is 14.9. The number of hydrogen-bond donors (Lipinski definition) is 0. The molecule has 0 fully saturated rings. The number of para-hydroxylation sites is 1. The Kier molecular flexibility index (Phi) is 3.92. The molecule has 0 spiro atoms. The lowest BCUT2D eigenvalue weighted by atomic mass is 9.99. The Morgan fingerprint density at radius 3 is 2.65 bits per heavy atom. The number of rotatable bonds is 3. The maximum Gasteiger partial charge on any atom is 0.222 e. The molecule has 0 radical (unpaired) electrons. The summed E-state index contributed by atoms with van der Waals surface area (Å²) in [5, 5.41) is 9.26. The van der Waals surface area contributed by atoms with Gasteiger partial charge in [-0.15, -0.1) is 0 Å². The van der Waals surface area contributed by atoms with E-state index >= 15 is 0 Å². The van der Waals surface area contributed by atoms with Crippen molar-refractivity contribution in [3.05, 3.63) is 75.4 Å². The van der Waals surface area contributed by atoms with E-state index in [0.717, 1.165) is 0 Å². The molecule has 2 aromatic heterocycles. The third-order valence-electron chi connectivity index (χ3n) is 3.34. The van der Waals surface area contributed by atoms with Crippen LogP contribution in [0.15, 0.2) is 57.9 Å². The van der Waals surface area contributed by atoms with Gasteiger partial charge in [0.25, 0.3) is 0 Å². The summed E-state index contributed by atoms with van der Waals surface area (Å²) in [5.41, 5.74) is 0.00409. The fourth-order valence-electron chi connectivity index (χ4n) is 2.21. The minimum absolute atomic E-state index is 0.239. The average Bonchev–Trinajstić information content (AvgIpc) is 2.59. The van der Waals surface area contributed by atoms with E-state index in [1.54, 1.807) is 42.5 Å². The van der Waals surface area contributed by atoms with Gasteiger partial charge in [0.1, 0.15) is 10.6 Å². The van der Waals surface area contributed by atoms with Gasteiger partial charge in [-0.25, -0.2) is 0 Å². The number of hydrogen-bond acceptors (Lipinski definition) is 5. The van der Waals surface area contributed by atoms with Gasteiger partial charge in [-0.2, -0.15) is 5.26 Å². The van der Waals surface area contributed by atoms with Crippen LogP contribution in [0.1, 0.15) is 22.2 Å². The molecule has 23 heavy (non-hydrogen) atoms. The van der Waals surface area contributed by atoms with Gasteiger partial charge in [0.2, 0.25) is 11.2 Å². The van der Waals surface area contributed by atoms with Crippen LogP contribution in [0.3, 0.4) is 0 Å². The maximum atomic E-state index is 12.6. The number of halogens is 1. The first-order valence-corrected chi connectivity index (χ1v) is 7.07. The summed E-state index contributed by atoms with van der Waals surface area (Å²) in [6.45, 7) is 0. The number of fused-ring (bicyclic) bond motifs is 1. The second kappa shape index (κ2) is 6.03. The molecular weight excluding hydrogens is 316 g/mol. The van der Waals surface area contributed by atoms with Crippen LogP contribution in [-0.2, 0) is 0 Å². The first-order chi connectivity index (χ1) is 11.1. The summed E-state index contributed by atoms with van der Waals surface area (Å²) in [5.74, 6) is -2.22. The van der Waals surface area contributed by atoms with Crippen LogP contribution in [-0.4, -0.2) is 10.8 Å². The minimum atomic E-state index is -1.20. The molecule has 0 N–H and O–H groups in total. The summed E-state index contributed by atoms with van der Waals surface area (Å²) in [4.78, 5) is 28.9. The SMILES string of the molecule is N#C[C@@H](C(=O)c1oc2ccccc2c(=O)c1Cl)c1ccccn1. The van der Waals surface area contributed by atoms with Crippen LogP contribution in [0.25, 0.3) is 11.0 Å². The predicted octanol–water partition coefficient (Wildman–Crippen LogP) is 3.33. The number of ketones is 1. The van der Waals surface area contributed by atoms with Crippen molar-refractivity contribution in [1.82, 2.24) is 4.98 Å². The summed E-state index contributed by atoms with van der Waals surface area (Å²) < 4.78 is 5.48. The molecule has 2 heterocycles.